The largest absolute Gasteiger partial charge is 0.489 e. The summed E-state index contributed by atoms with van der Waals surface area (Å²) in [5.41, 5.74) is 1.09. The van der Waals surface area contributed by atoms with Crippen LogP contribution in [0.3, 0.4) is 0 Å². The zero-order chi connectivity index (χ0) is 24.0. The second-order valence-electron chi connectivity index (χ2n) is 8.56. The zero-order valence-electron chi connectivity index (χ0n) is 18.1. The van der Waals surface area contributed by atoms with Crippen LogP contribution in [0, 0.1) is 10.1 Å². The number of rotatable bonds is 5. The number of anilines is 1. The third-order valence-corrected chi connectivity index (χ3v) is 7.23. The average Bonchev–Trinajstić information content (AvgIpc) is 3.27. The molecule has 2 aliphatic rings. The summed E-state index contributed by atoms with van der Waals surface area (Å²) in [6.45, 7) is 2.02. The van der Waals surface area contributed by atoms with Crippen LogP contribution in [0.25, 0.3) is 0 Å². The highest BCUT2D eigenvalue weighted by Gasteiger charge is 2.67. The van der Waals surface area contributed by atoms with Crippen molar-refractivity contribution < 1.29 is 14.5 Å². The molecule has 1 spiro atoms. The first-order valence-electron chi connectivity index (χ1n) is 10.8. The second-order valence-corrected chi connectivity index (χ2v) is 9.40. The van der Waals surface area contributed by atoms with Crippen LogP contribution in [0.1, 0.15) is 29.5 Å². The van der Waals surface area contributed by atoms with Crippen molar-refractivity contribution in [2.24, 2.45) is 0 Å². The maximum Gasteiger partial charge on any atom is 0.256 e. The van der Waals surface area contributed by atoms with Crippen LogP contribution >= 0.6 is 23.2 Å². The molecule has 174 valence electrons. The Balaban J connectivity index is 1.54. The van der Waals surface area contributed by atoms with Crippen molar-refractivity contribution in [3.8, 4) is 5.75 Å². The van der Waals surface area contributed by atoms with E-state index < -0.39 is 23.4 Å². The maximum absolute atomic E-state index is 13.2. The zero-order valence-corrected chi connectivity index (χ0v) is 19.6. The van der Waals surface area contributed by atoms with Gasteiger partial charge in [-0.3, -0.25) is 20.2 Å². The van der Waals surface area contributed by atoms with E-state index in [1.807, 2.05) is 25.1 Å². The Morgan fingerprint density at radius 2 is 1.82 bits per heavy atom. The molecule has 2 heterocycles. The standard InChI is InChI=1S/C25H21Cl2N3O4/c1-14-22(17-6-2-5-9-21(17)34-13-15-10-11-16(26)12-19(15)27)23(30(32)33)25(29-14)18-7-3-4-8-20(18)28-24(25)31/h2-12,14,22-23,29H,13H2,1H3,(H,28,31)/t14-,22-,23+,25-/m0/s1. The fourth-order valence-electron chi connectivity index (χ4n) is 5.20. The number of ether oxygens (including phenoxy) is 1. The van der Waals surface area contributed by atoms with Gasteiger partial charge in [0.05, 0.1) is 5.92 Å². The number of carbonyl (C=O) groups excluding carboxylic acids is 1. The highest BCUT2D eigenvalue weighted by molar-refractivity contribution is 6.35. The molecule has 7 nitrogen and oxygen atoms in total. The molecule has 1 amide bonds. The molecule has 0 bridgehead atoms. The lowest BCUT2D eigenvalue weighted by Crippen LogP contribution is -2.54. The summed E-state index contributed by atoms with van der Waals surface area (Å²) in [7, 11) is 0. The van der Waals surface area contributed by atoms with Crippen molar-refractivity contribution in [2.75, 3.05) is 5.32 Å². The summed E-state index contributed by atoms with van der Waals surface area (Å²) in [4.78, 5) is 25.4. The molecule has 0 unspecified atom stereocenters. The second kappa shape index (κ2) is 8.58. The molecule has 2 N–H and O–H groups in total. The Bertz CT molecular complexity index is 1300. The molecule has 4 atom stereocenters. The molecule has 1 fully saturated rings. The predicted molar refractivity (Wildman–Crippen MR) is 130 cm³/mol. The first-order chi connectivity index (χ1) is 16.3. The number of halogens is 2. The SMILES string of the molecule is C[C@@H]1N[C@]2(C(=O)Nc3ccccc32)[C@H]([N+](=O)[O-])[C@@H]1c1ccccc1OCc1ccc(Cl)cc1Cl. The summed E-state index contributed by atoms with van der Waals surface area (Å²) in [6.07, 6.45) is 0. The third-order valence-electron chi connectivity index (χ3n) is 6.64. The lowest BCUT2D eigenvalue weighted by atomic mass is 9.78. The van der Waals surface area contributed by atoms with Gasteiger partial charge < -0.3 is 10.1 Å². The molecule has 5 rings (SSSR count). The number of hydrogen-bond donors (Lipinski definition) is 2. The third kappa shape index (κ3) is 3.52. The molecule has 2 aliphatic heterocycles. The molecule has 1 saturated heterocycles. The highest BCUT2D eigenvalue weighted by atomic mass is 35.5. The molecule has 34 heavy (non-hydrogen) atoms. The number of para-hydroxylation sites is 2. The minimum absolute atomic E-state index is 0.166. The highest BCUT2D eigenvalue weighted by Crippen LogP contribution is 2.51. The summed E-state index contributed by atoms with van der Waals surface area (Å²) in [6, 6.07) is 17.8. The average molecular weight is 498 g/mol. The smallest absolute Gasteiger partial charge is 0.256 e. The quantitative estimate of drug-likeness (QED) is 0.375. The number of benzene rings is 3. The Morgan fingerprint density at radius 3 is 2.59 bits per heavy atom. The molecule has 3 aromatic carbocycles. The van der Waals surface area contributed by atoms with Crippen LogP contribution in [0.4, 0.5) is 5.69 Å². The van der Waals surface area contributed by atoms with Gasteiger partial charge in [0.25, 0.3) is 11.9 Å². The monoisotopic (exact) mass is 497 g/mol. The number of fused-ring (bicyclic) bond motifs is 2. The van der Waals surface area contributed by atoms with Gasteiger partial charge in [-0.05, 0) is 31.2 Å². The summed E-state index contributed by atoms with van der Waals surface area (Å²) in [5, 5.41) is 19.6. The molecule has 3 aromatic rings. The van der Waals surface area contributed by atoms with Gasteiger partial charge in [-0.1, -0.05) is 65.7 Å². The minimum atomic E-state index is -1.48. The molecular formula is C25H21Cl2N3O4. The van der Waals surface area contributed by atoms with Gasteiger partial charge in [-0.2, -0.15) is 0 Å². The van der Waals surface area contributed by atoms with Crippen molar-refractivity contribution >= 4 is 34.8 Å². The van der Waals surface area contributed by atoms with Gasteiger partial charge in [-0.25, -0.2) is 0 Å². The van der Waals surface area contributed by atoms with Gasteiger partial charge in [0.1, 0.15) is 12.4 Å². The van der Waals surface area contributed by atoms with E-state index in [-0.39, 0.29) is 17.6 Å². The topological polar surface area (TPSA) is 93.5 Å². The van der Waals surface area contributed by atoms with E-state index in [1.54, 1.807) is 48.5 Å². The van der Waals surface area contributed by atoms with Crippen LogP contribution in [0.5, 0.6) is 5.75 Å². The van der Waals surface area contributed by atoms with Gasteiger partial charge in [0.15, 0.2) is 5.54 Å². The molecule has 0 saturated carbocycles. The maximum atomic E-state index is 13.2. The molecular weight excluding hydrogens is 477 g/mol. The van der Waals surface area contributed by atoms with E-state index in [4.69, 9.17) is 27.9 Å². The van der Waals surface area contributed by atoms with Crippen LogP contribution in [0.15, 0.2) is 66.7 Å². The van der Waals surface area contributed by atoms with Gasteiger partial charge in [-0.15, -0.1) is 0 Å². The summed E-state index contributed by atoms with van der Waals surface area (Å²) in [5.74, 6) is -0.539. The van der Waals surface area contributed by atoms with Crippen LogP contribution in [-0.2, 0) is 16.9 Å². The van der Waals surface area contributed by atoms with Gasteiger partial charge in [0.2, 0.25) is 0 Å². The number of nitrogens with zero attached hydrogens (tertiary/aromatic N) is 1. The predicted octanol–water partition coefficient (Wildman–Crippen LogP) is 5.14. The Morgan fingerprint density at radius 1 is 1.09 bits per heavy atom. The molecule has 0 aromatic heterocycles. The van der Waals surface area contributed by atoms with E-state index in [0.717, 1.165) is 5.56 Å². The fraction of sp³-hybridized carbons (Fsp3) is 0.240. The van der Waals surface area contributed by atoms with Crippen molar-refractivity contribution in [1.29, 1.82) is 0 Å². The summed E-state index contributed by atoms with van der Waals surface area (Å²) >= 11 is 12.3. The van der Waals surface area contributed by atoms with Crippen LogP contribution in [0.2, 0.25) is 10.0 Å². The van der Waals surface area contributed by atoms with E-state index in [2.05, 4.69) is 10.6 Å². The fourth-order valence-corrected chi connectivity index (χ4v) is 5.67. The number of hydrogen-bond acceptors (Lipinski definition) is 5. The molecule has 0 radical (unpaired) electrons. The van der Waals surface area contributed by atoms with E-state index in [0.29, 0.717) is 32.6 Å². The number of nitrogens with one attached hydrogen (secondary N) is 2. The first kappa shape index (κ1) is 22.7. The number of nitro groups is 1. The molecule has 9 heteroatoms. The van der Waals surface area contributed by atoms with Gasteiger partial charge >= 0.3 is 0 Å². The van der Waals surface area contributed by atoms with Crippen molar-refractivity contribution in [2.45, 2.75) is 37.1 Å². The Hall–Kier alpha value is -3.13. The lowest BCUT2D eigenvalue weighted by molar-refractivity contribution is -0.532. The lowest BCUT2D eigenvalue weighted by Gasteiger charge is -2.26. The van der Waals surface area contributed by atoms with E-state index in [1.165, 1.54) is 0 Å². The molecule has 0 aliphatic carbocycles. The van der Waals surface area contributed by atoms with Gasteiger partial charge in [0, 0.05) is 43.4 Å². The Kier molecular flexibility index (Phi) is 5.72. The minimum Gasteiger partial charge on any atom is -0.489 e. The van der Waals surface area contributed by atoms with Crippen molar-refractivity contribution in [1.82, 2.24) is 5.32 Å². The van der Waals surface area contributed by atoms with E-state index in [9.17, 15) is 14.9 Å². The van der Waals surface area contributed by atoms with Crippen LogP contribution < -0.4 is 15.4 Å². The number of carbonyl (C=O) groups is 1. The normalized spacial score (nSPS) is 25.3. The van der Waals surface area contributed by atoms with E-state index >= 15 is 0 Å². The first-order valence-corrected chi connectivity index (χ1v) is 11.6. The van der Waals surface area contributed by atoms with Crippen molar-refractivity contribution in [3.05, 3.63) is 104 Å². The summed E-state index contributed by atoms with van der Waals surface area (Å²) < 4.78 is 6.10. The van der Waals surface area contributed by atoms with Crippen LogP contribution in [-0.4, -0.2) is 22.9 Å². The van der Waals surface area contributed by atoms with Crippen molar-refractivity contribution in [3.63, 3.8) is 0 Å². The Labute approximate surface area is 206 Å². The number of amides is 1.